The van der Waals surface area contributed by atoms with Crippen LogP contribution >= 0.6 is 0 Å². The van der Waals surface area contributed by atoms with Gasteiger partial charge in [0.2, 0.25) is 23.5 Å². The molecule has 94 heavy (non-hydrogen) atoms. The molecule has 0 aromatic heterocycles. The molecule has 18 heteroatoms. The van der Waals surface area contributed by atoms with E-state index in [0.29, 0.717) is 22.3 Å². The Kier molecular flexibility index (Phi) is 19.9. The van der Waals surface area contributed by atoms with Crippen LogP contribution in [0.4, 0.5) is 0 Å². The minimum atomic E-state index is -1.77. The molecule has 12 rings (SSSR count). The third-order valence-corrected chi connectivity index (χ3v) is 15.6. The summed E-state index contributed by atoms with van der Waals surface area (Å²) in [5.41, 5.74) is 2.62. The Bertz CT molecular complexity index is 4140. The summed E-state index contributed by atoms with van der Waals surface area (Å²) in [6, 6.07) is 68.8. The van der Waals surface area contributed by atoms with Gasteiger partial charge in [-0.1, -0.05) is 212 Å². The summed E-state index contributed by atoms with van der Waals surface area (Å²) in [5.74, 6) is -7.43. The van der Waals surface area contributed by atoms with Crippen molar-refractivity contribution in [3.63, 3.8) is 0 Å². The van der Waals surface area contributed by atoms with E-state index in [4.69, 9.17) is 52.1 Å². The number of carbonyl (C=O) groups excluding carboxylic acids is 3. The van der Waals surface area contributed by atoms with E-state index in [1.165, 1.54) is 12.1 Å². The zero-order chi connectivity index (χ0) is 64.8. The number of fused-ring (bicyclic) bond motifs is 4. The van der Waals surface area contributed by atoms with Crippen LogP contribution in [0.15, 0.2) is 237 Å². The molecule has 5 atom stereocenters. The van der Waals surface area contributed by atoms with E-state index >= 15 is 14.4 Å². The first kappa shape index (κ1) is 62.9. The molecule has 2 aliphatic rings. The molecule has 4 N–H and O–H groups in total. The molecule has 0 amide bonds. The lowest BCUT2D eigenvalue weighted by Gasteiger charge is -2.44. The predicted octanol–water partition coefficient (Wildman–Crippen LogP) is 13.5. The number of esters is 3. The summed E-state index contributed by atoms with van der Waals surface area (Å²) in [7, 11) is 0. The highest BCUT2D eigenvalue weighted by atomic mass is 16.7. The van der Waals surface area contributed by atoms with Crippen LogP contribution in [0.25, 0.3) is 11.1 Å². The number of hydrogen-bond donors (Lipinski definition) is 4. The second kappa shape index (κ2) is 29.8. The van der Waals surface area contributed by atoms with Crippen LogP contribution in [-0.2, 0) is 74.7 Å². The van der Waals surface area contributed by atoms with Crippen molar-refractivity contribution in [1.82, 2.24) is 0 Å². The van der Waals surface area contributed by atoms with E-state index in [9.17, 15) is 20.4 Å². The van der Waals surface area contributed by atoms with Gasteiger partial charge in [-0.2, -0.15) is 0 Å². The number of ether oxygens (including phenoxy) is 11. The fourth-order valence-electron chi connectivity index (χ4n) is 10.8. The van der Waals surface area contributed by atoms with E-state index < -0.39 is 112 Å². The fourth-order valence-corrected chi connectivity index (χ4v) is 10.8. The SMILES string of the molecule is O=C(O[C@H]1O[C@@H]2COC(=O)c3cc(O)c(OCc4ccccc4)c(O)c3-c3c(cc(O)c(OCc4ccccc4)c3O)C(=O)O[C@H]2[C@H](OCc2ccccc2)[C@H]1OCc1ccccc1)c1cc(OCc2ccccc2)c(OCc2ccccc2)c(OCc2ccccc2)c1. The van der Waals surface area contributed by atoms with E-state index in [2.05, 4.69) is 0 Å². The van der Waals surface area contributed by atoms with E-state index in [0.717, 1.165) is 28.8 Å². The molecule has 0 spiro atoms. The first-order valence-corrected chi connectivity index (χ1v) is 30.3. The molecule has 2 heterocycles. The molecule has 2 aliphatic heterocycles. The summed E-state index contributed by atoms with van der Waals surface area (Å²) >= 11 is 0. The highest BCUT2D eigenvalue weighted by Gasteiger charge is 2.53. The van der Waals surface area contributed by atoms with Crippen molar-refractivity contribution in [2.45, 2.75) is 77.0 Å². The van der Waals surface area contributed by atoms with E-state index in [1.54, 1.807) is 84.9 Å². The fraction of sp³-hybridized carbons (Fsp3) is 0.171. The lowest BCUT2D eigenvalue weighted by Crippen LogP contribution is -2.62. The molecule has 10 aromatic carbocycles. The van der Waals surface area contributed by atoms with Crippen LogP contribution in [0.3, 0.4) is 0 Å². The maximum absolute atomic E-state index is 15.6. The second-order valence-corrected chi connectivity index (χ2v) is 22.1. The third kappa shape index (κ3) is 15.0. The molecule has 0 saturated carbocycles. The molecule has 1 fully saturated rings. The number of cyclic esters (lactones) is 1. The first-order chi connectivity index (χ1) is 46.0. The lowest BCUT2D eigenvalue weighted by atomic mass is 9.91. The molecular formula is C76H64O18. The largest absolute Gasteiger partial charge is 0.504 e. The summed E-state index contributed by atoms with van der Waals surface area (Å²) in [6.07, 6.45) is -7.99. The van der Waals surface area contributed by atoms with Gasteiger partial charge >= 0.3 is 17.9 Å². The van der Waals surface area contributed by atoms with Crippen LogP contribution in [0.5, 0.6) is 51.7 Å². The van der Waals surface area contributed by atoms with Gasteiger partial charge in [-0.3, -0.25) is 0 Å². The molecule has 0 unspecified atom stereocenters. The van der Waals surface area contributed by atoms with Gasteiger partial charge in [0, 0.05) is 11.1 Å². The maximum Gasteiger partial charge on any atom is 0.340 e. The highest BCUT2D eigenvalue weighted by molar-refractivity contribution is 6.08. The minimum absolute atomic E-state index is 0.0566. The van der Waals surface area contributed by atoms with Crippen molar-refractivity contribution in [3.05, 3.63) is 292 Å². The normalized spacial score (nSPS) is 16.7. The molecule has 476 valence electrons. The Morgan fingerprint density at radius 2 is 0.745 bits per heavy atom. The molecule has 0 aliphatic carbocycles. The van der Waals surface area contributed by atoms with Crippen molar-refractivity contribution >= 4 is 17.9 Å². The topological polar surface area (TPSA) is 234 Å². The quantitative estimate of drug-likeness (QED) is 0.0344. The van der Waals surface area contributed by atoms with Crippen molar-refractivity contribution in [3.8, 4) is 62.9 Å². The van der Waals surface area contributed by atoms with Gasteiger partial charge in [0.15, 0.2) is 46.7 Å². The number of phenolic OH excluding ortho intramolecular Hbond substituents is 4. The van der Waals surface area contributed by atoms with Crippen molar-refractivity contribution in [2.24, 2.45) is 0 Å². The lowest BCUT2D eigenvalue weighted by molar-refractivity contribution is -0.304. The summed E-state index contributed by atoms with van der Waals surface area (Å²) in [4.78, 5) is 46.0. The average Bonchev–Trinajstić information content (AvgIpc) is 1.22. The number of carbonyl (C=O) groups is 3. The Morgan fingerprint density at radius 3 is 1.14 bits per heavy atom. The van der Waals surface area contributed by atoms with Crippen molar-refractivity contribution < 1.29 is 86.9 Å². The number of phenols is 4. The van der Waals surface area contributed by atoms with E-state index in [-0.39, 0.29) is 69.1 Å². The smallest absolute Gasteiger partial charge is 0.340 e. The standard InChI is InChI=1S/C76H64O18/c77-58-38-56-63(65(79)67(58)86-42-50-26-12-3-13-27-50)64-57(39-59(78)68(66(64)80)87-43-51-28-14-4-15-29-51)75(83)93-70-62(47-91-74(56)82)92-76(72(90-46-54-34-20-7-21-35-54)71(70)89-45-53-32-18-6-19-33-53)94-73(81)55-36-60(84-40-48-22-8-1-9-23-48)69(88-44-52-30-16-5-17-31-52)61(37-55)85-41-49-24-10-2-11-25-49/h1-39,62,70-72,76-80H,40-47H2/t62-,70-,71+,72-,76-/m1/s1. The zero-order valence-electron chi connectivity index (χ0n) is 50.6. The number of hydrogen-bond acceptors (Lipinski definition) is 18. The number of rotatable bonds is 23. The van der Waals surface area contributed by atoms with Gasteiger partial charge in [-0.15, -0.1) is 0 Å². The van der Waals surface area contributed by atoms with Gasteiger partial charge in [0.25, 0.3) is 0 Å². The molecule has 18 nitrogen and oxygen atoms in total. The first-order valence-electron chi connectivity index (χ1n) is 30.3. The maximum atomic E-state index is 15.6. The Balaban J connectivity index is 0.965. The van der Waals surface area contributed by atoms with Crippen molar-refractivity contribution in [1.29, 1.82) is 0 Å². The molecule has 0 bridgehead atoms. The van der Waals surface area contributed by atoms with Crippen LogP contribution in [0, 0.1) is 0 Å². The summed E-state index contributed by atoms with van der Waals surface area (Å²) in [5, 5.41) is 48.4. The summed E-state index contributed by atoms with van der Waals surface area (Å²) in [6.45, 7) is -1.26. The zero-order valence-corrected chi connectivity index (χ0v) is 50.6. The van der Waals surface area contributed by atoms with Gasteiger partial charge in [-0.25, -0.2) is 14.4 Å². The van der Waals surface area contributed by atoms with Crippen LogP contribution in [0.2, 0.25) is 0 Å². The molecule has 1 saturated heterocycles. The Hall–Kier alpha value is -11.3. The molecule has 10 aromatic rings. The molecule has 0 radical (unpaired) electrons. The monoisotopic (exact) mass is 1260 g/mol. The molecular weight excluding hydrogens is 1200 g/mol. The van der Waals surface area contributed by atoms with Gasteiger partial charge in [-0.05, 0) is 63.2 Å². The number of aromatic hydroxyl groups is 4. The Labute approximate surface area is 541 Å². The highest BCUT2D eigenvalue weighted by Crippen LogP contribution is 2.54. The van der Waals surface area contributed by atoms with Crippen LogP contribution in [0.1, 0.15) is 70.0 Å². The van der Waals surface area contributed by atoms with Crippen LogP contribution < -0.4 is 23.7 Å². The van der Waals surface area contributed by atoms with Gasteiger partial charge in [0.05, 0.1) is 29.9 Å². The Morgan fingerprint density at radius 1 is 0.404 bits per heavy atom. The van der Waals surface area contributed by atoms with Crippen molar-refractivity contribution in [2.75, 3.05) is 6.61 Å². The summed E-state index contributed by atoms with van der Waals surface area (Å²) < 4.78 is 71.0. The van der Waals surface area contributed by atoms with Gasteiger partial charge < -0.3 is 72.5 Å². The third-order valence-electron chi connectivity index (χ3n) is 15.6. The average molecular weight is 1270 g/mol. The number of benzene rings is 10. The van der Waals surface area contributed by atoms with E-state index in [1.807, 2.05) is 127 Å². The predicted molar refractivity (Wildman–Crippen MR) is 342 cm³/mol. The second-order valence-electron chi connectivity index (χ2n) is 22.1. The van der Waals surface area contributed by atoms with Gasteiger partial charge in [0.1, 0.15) is 51.8 Å². The van der Waals surface area contributed by atoms with Crippen LogP contribution in [-0.4, -0.2) is 75.6 Å². The minimum Gasteiger partial charge on any atom is -0.504 e.